The summed E-state index contributed by atoms with van der Waals surface area (Å²) in [6.45, 7) is 6.57. The molecule has 0 aliphatic carbocycles. The molecule has 1 aromatic carbocycles. The third-order valence-corrected chi connectivity index (χ3v) is 3.08. The van der Waals surface area contributed by atoms with Crippen molar-refractivity contribution in [2.45, 2.75) is 26.8 Å². The van der Waals surface area contributed by atoms with Crippen LogP contribution in [-0.4, -0.2) is 42.2 Å². The highest BCUT2D eigenvalue weighted by atomic mass is 16.3. The second-order valence-electron chi connectivity index (χ2n) is 5.45. The van der Waals surface area contributed by atoms with Gasteiger partial charge in [0.25, 0.3) is 0 Å². The molecule has 0 saturated carbocycles. The number of carbonyl (C=O) groups is 1. The number of nitrogens with zero attached hydrogens (tertiary/aromatic N) is 1. The average Bonchev–Trinajstić information content (AvgIpc) is 2.39. The Bertz CT molecular complexity index is 379. The van der Waals surface area contributed by atoms with E-state index >= 15 is 0 Å². The van der Waals surface area contributed by atoms with Gasteiger partial charge in [-0.1, -0.05) is 44.2 Å². The number of hydrogen-bond acceptors (Lipinski definition) is 3. The van der Waals surface area contributed by atoms with E-state index in [9.17, 15) is 4.79 Å². The number of rotatable bonds is 9. The van der Waals surface area contributed by atoms with Crippen molar-refractivity contribution in [2.24, 2.45) is 5.92 Å². The third-order valence-electron chi connectivity index (χ3n) is 3.08. The largest absolute Gasteiger partial charge is 0.395 e. The van der Waals surface area contributed by atoms with Gasteiger partial charge in [-0.25, -0.2) is 0 Å². The number of nitrogens with one attached hydrogen (secondary N) is 1. The maximum absolute atomic E-state index is 11.9. The number of aliphatic hydroxyl groups is 1. The van der Waals surface area contributed by atoms with E-state index in [-0.39, 0.29) is 12.5 Å². The standard InChI is InChI=1S/C16H26N2O2/c1-14(2)8-9-17-16(20)13-18(10-11-19)12-15-6-4-3-5-7-15/h3-7,14,19H,8-13H2,1-2H3,(H,17,20). The molecular weight excluding hydrogens is 252 g/mol. The number of amides is 1. The zero-order chi connectivity index (χ0) is 14.8. The normalized spacial score (nSPS) is 11.1. The molecule has 1 amide bonds. The van der Waals surface area contributed by atoms with Crippen LogP contribution in [-0.2, 0) is 11.3 Å². The third kappa shape index (κ3) is 7.26. The van der Waals surface area contributed by atoms with Gasteiger partial charge >= 0.3 is 0 Å². The van der Waals surface area contributed by atoms with Crippen LogP contribution in [0.5, 0.6) is 0 Å². The SMILES string of the molecule is CC(C)CCNC(=O)CN(CCO)Cc1ccccc1. The quantitative estimate of drug-likeness (QED) is 0.722. The van der Waals surface area contributed by atoms with Gasteiger partial charge in [-0.2, -0.15) is 0 Å². The minimum Gasteiger partial charge on any atom is -0.395 e. The van der Waals surface area contributed by atoms with Gasteiger partial charge in [0.2, 0.25) is 5.91 Å². The predicted octanol–water partition coefficient (Wildman–Crippen LogP) is 1.64. The molecule has 2 N–H and O–H groups in total. The topological polar surface area (TPSA) is 52.6 Å². The zero-order valence-electron chi connectivity index (χ0n) is 12.5. The van der Waals surface area contributed by atoms with E-state index in [1.807, 2.05) is 35.2 Å². The molecule has 1 aromatic rings. The molecular formula is C16H26N2O2. The van der Waals surface area contributed by atoms with E-state index in [2.05, 4.69) is 19.2 Å². The molecule has 0 aliphatic heterocycles. The number of aliphatic hydroxyl groups excluding tert-OH is 1. The predicted molar refractivity (Wildman–Crippen MR) is 81.3 cm³/mol. The minimum atomic E-state index is 0.0232. The summed E-state index contributed by atoms with van der Waals surface area (Å²) in [4.78, 5) is 13.8. The lowest BCUT2D eigenvalue weighted by molar-refractivity contribution is -0.122. The number of hydrogen-bond donors (Lipinski definition) is 2. The summed E-state index contributed by atoms with van der Waals surface area (Å²) in [5.74, 6) is 0.614. The molecule has 0 aliphatic rings. The first-order chi connectivity index (χ1) is 9.61. The van der Waals surface area contributed by atoms with Crippen LogP contribution in [0.1, 0.15) is 25.8 Å². The second kappa shape index (κ2) is 9.50. The molecule has 0 atom stereocenters. The number of benzene rings is 1. The molecule has 0 heterocycles. The van der Waals surface area contributed by atoms with Crippen molar-refractivity contribution in [3.63, 3.8) is 0 Å². The van der Waals surface area contributed by atoms with Gasteiger partial charge in [-0.05, 0) is 17.9 Å². The van der Waals surface area contributed by atoms with E-state index in [1.54, 1.807) is 0 Å². The Morgan fingerprint density at radius 2 is 2.00 bits per heavy atom. The molecule has 112 valence electrons. The van der Waals surface area contributed by atoms with Crippen molar-refractivity contribution >= 4 is 5.91 Å². The lowest BCUT2D eigenvalue weighted by Crippen LogP contribution is -2.38. The fourth-order valence-electron chi connectivity index (χ4n) is 1.96. The van der Waals surface area contributed by atoms with Crippen molar-refractivity contribution in [3.8, 4) is 0 Å². The Morgan fingerprint density at radius 1 is 1.30 bits per heavy atom. The van der Waals surface area contributed by atoms with Gasteiger partial charge in [-0.15, -0.1) is 0 Å². The van der Waals surface area contributed by atoms with Gasteiger partial charge < -0.3 is 10.4 Å². The van der Waals surface area contributed by atoms with Crippen molar-refractivity contribution in [1.29, 1.82) is 0 Å². The Kier molecular flexibility index (Phi) is 7.92. The Hall–Kier alpha value is -1.39. The van der Waals surface area contributed by atoms with E-state index in [0.717, 1.165) is 18.5 Å². The molecule has 1 rings (SSSR count). The molecule has 0 aromatic heterocycles. The van der Waals surface area contributed by atoms with E-state index in [0.29, 0.717) is 25.6 Å². The van der Waals surface area contributed by atoms with E-state index in [1.165, 1.54) is 0 Å². The van der Waals surface area contributed by atoms with Crippen LogP contribution < -0.4 is 5.32 Å². The smallest absolute Gasteiger partial charge is 0.234 e. The van der Waals surface area contributed by atoms with Crippen LogP contribution in [0.4, 0.5) is 0 Å². The first kappa shape index (κ1) is 16.7. The minimum absolute atomic E-state index is 0.0232. The highest BCUT2D eigenvalue weighted by Gasteiger charge is 2.10. The van der Waals surface area contributed by atoms with Crippen LogP contribution in [0.15, 0.2) is 30.3 Å². The molecule has 0 radical (unpaired) electrons. The summed E-state index contributed by atoms with van der Waals surface area (Å²) in [6, 6.07) is 9.99. The van der Waals surface area contributed by atoms with E-state index < -0.39 is 0 Å². The lowest BCUT2D eigenvalue weighted by atomic mass is 10.1. The second-order valence-corrected chi connectivity index (χ2v) is 5.45. The summed E-state index contributed by atoms with van der Waals surface area (Å²) < 4.78 is 0. The Labute approximate surface area is 121 Å². The van der Waals surface area contributed by atoms with Gasteiger partial charge in [0, 0.05) is 19.6 Å². The summed E-state index contributed by atoms with van der Waals surface area (Å²) in [7, 11) is 0. The van der Waals surface area contributed by atoms with Crippen LogP contribution in [0.25, 0.3) is 0 Å². The van der Waals surface area contributed by atoms with Crippen molar-refractivity contribution in [2.75, 3.05) is 26.2 Å². The lowest BCUT2D eigenvalue weighted by Gasteiger charge is -2.21. The summed E-state index contributed by atoms with van der Waals surface area (Å²) in [5, 5.41) is 12.0. The first-order valence-electron chi connectivity index (χ1n) is 7.25. The molecule has 0 unspecified atom stereocenters. The van der Waals surface area contributed by atoms with Gasteiger partial charge in [0.05, 0.1) is 13.2 Å². The van der Waals surface area contributed by atoms with Crippen LogP contribution in [0, 0.1) is 5.92 Å². The monoisotopic (exact) mass is 278 g/mol. The summed E-state index contributed by atoms with van der Waals surface area (Å²) in [6.07, 6.45) is 0.991. The average molecular weight is 278 g/mol. The van der Waals surface area contributed by atoms with Gasteiger partial charge in [-0.3, -0.25) is 9.69 Å². The van der Waals surface area contributed by atoms with Crippen molar-refractivity contribution in [1.82, 2.24) is 10.2 Å². The van der Waals surface area contributed by atoms with Crippen molar-refractivity contribution in [3.05, 3.63) is 35.9 Å². The molecule has 0 bridgehead atoms. The summed E-state index contributed by atoms with van der Waals surface area (Å²) in [5.41, 5.74) is 1.15. The Morgan fingerprint density at radius 3 is 2.60 bits per heavy atom. The summed E-state index contributed by atoms with van der Waals surface area (Å²) >= 11 is 0. The van der Waals surface area contributed by atoms with Crippen molar-refractivity contribution < 1.29 is 9.90 Å². The molecule has 20 heavy (non-hydrogen) atoms. The maximum atomic E-state index is 11.9. The molecule has 4 heteroatoms. The molecule has 0 fully saturated rings. The molecule has 0 spiro atoms. The fraction of sp³-hybridized carbons (Fsp3) is 0.562. The maximum Gasteiger partial charge on any atom is 0.234 e. The van der Waals surface area contributed by atoms with Gasteiger partial charge in [0.1, 0.15) is 0 Å². The molecule has 4 nitrogen and oxygen atoms in total. The van der Waals surface area contributed by atoms with E-state index in [4.69, 9.17) is 5.11 Å². The highest BCUT2D eigenvalue weighted by molar-refractivity contribution is 5.77. The number of carbonyl (C=O) groups excluding carboxylic acids is 1. The molecule has 0 saturated heterocycles. The van der Waals surface area contributed by atoms with Crippen LogP contribution in [0.2, 0.25) is 0 Å². The Balaban J connectivity index is 2.40. The fourth-order valence-corrected chi connectivity index (χ4v) is 1.96. The van der Waals surface area contributed by atoms with Crippen LogP contribution in [0.3, 0.4) is 0 Å². The zero-order valence-corrected chi connectivity index (χ0v) is 12.5. The highest BCUT2D eigenvalue weighted by Crippen LogP contribution is 2.04. The van der Waals surface area contributed by atoms with Crippen LogP contribution >= 0.6 is 0 Å². The first-order valence-corrected chi connectivity index (χ1v) is 7.25. The van der Waals surface area contributed by atoms with Gasteiger partial charge in [0.15, 0.2) is 0 Å².